The van der Waals surface area contributed by atoms with Gasteiger partial charge in [-0.2, -0.15) is 4.98 Å². The molecule has 8 heteroatoms. The van der Waals surface area contributed by atoms with Gasteiger partial charge in [0.2, 0.25) is 5.91 Å². The third kappa shape index (κ3) is 2.87. The monoisotopic (exact) mass is 299 g/mol. The molecule has 3 N–H and O–H groups in total. The minimum Gasteiger partial charge on any atom is -0.395 e. The predicted octanol–water partition coefficient (Wildman–Crippen LogP) is -0.195. The lowest BCUT2D eigenvalue weighted by molar-refractivity contribution is -0.114. The summed E-state index contributed by atoms with van der Waals surface area (Å²) in [4.78, 5) is 26.7. The van der Waals surface area contributed by atoms with E-state index in [1.807, 2.05) is 6.92 Å². The van der Waals surface area contributed by atoms with Crippen LogP contribution in [0.3, 0.4) is 0 Å². The molecule has 1 aliphatic rings. The minimum absolute atomic E-state index is 0.140. The van der Waals surface area contributed by atoms with Crippen LogP contribution in [0, 0.1) is 5.92 Å². The number of aromatic nitrogens is 2. The number of aliphatic hydroxyl groups excluding tert-OH is 2. The summed E-state index contributed by atoms with van der Waals surface area (Å²) in [7, 11) is 0. The van der Waals surface area contributed by atoms with Gasteiger partial charge in [-0.25, -0.2) is 4.79 Å². The summed E-state index contributed by atoms with van der Waals surface area (Å²) >= 11 is 1.35. The maximum Gasteiger partial charge on any atom is 0.350 e. The molecule has 4 atom stereocenters. The van der Waals surface area contributed by atoms with Crippen LogP contribution in [0.15, 0.2) is 17.1 Å². The fourth-order valence-electron chi connectivity index (χ4n) is 2.22. The van der Waals surface area contributed by atoms with Crippen LogP contribution in [0.25, 0.3) is 0 Å². The Balaban J connectivity index is 2.26. The van der Waals surface area contributed by atoms with Crippen molar-refractivity contribution in [1.82, 2.24) is 9.55 Å². The second kappa shape index (κ2) is 5.94. The van der Waals surface area contributed by atoms with E-state index in [0.29, 0.717) is 0 Å². The van der Waals surface area contributed by atoms with Crippen LogP contribution in [-0.4, -0.2) is 43.6 Å². The second-order valence-electron chi connectivity index (χ2n) is 4.78. The molecular weight excluding hydrogens is 282 g/mol. The first-order valence-corrected chi connectivity index (χ1v) is 7.19. The third-order valence-electron chi connectivity index (χ3n) is 3.27. The Bertz CT molecular complexity index is 562. The predicted molar refractivity (Wildman–Crippen MR) is 75.5 cm³/mol. The van der Waals surface area contributed by atoms with Crippen LogP contribution in [0.1, 0.15) is 19.2 Å². The maximum absolute atomic E-state index is 12.0. The van der Waals surface area contributed by atoms with E-state index >= 15 is 0 Å². The molecule has 1 fully saturated rings. The van der Waals surface area contributed by atoms with E-state index in [4.69, 9.17) is 0 Å². The van der Waals surface area contributed by atoms with Crippen LogP contribution in [0.5, 0.6) is 0 Å². The lowest BCUT2D eigenvalue weighted by atomic mass is 10.0. The molecule has 1 amide bonds. The molecule has 1 saturated heterocycles. The summed E-state index contributed by atoms with van der Waals surface area (Å²) in [6, 6.07) is 1.54. The molecule has 0 bridgehead atoms. The first-order chi connectivity index (χ1) is 9.43. The Labute approximate surface area is 120 Å². The average molecular weight is 299 g/mol. The van der Waals surface area contributed by atoms with E-state index in [0.717, 1.165) is 0 Å². The molecule has 1 aromatic heterocycles. The zero-order valence-electron chi connectivity index (χ0n) is 11.2. The van der Waals surface area contributed by atoms with Crippen molar-refractivity contribution in [2.75, 3.05) is 11.9 Å². The van der Waals surface area contributed by atoms with Gasteiger partial charge in [-0.1, -0.05) is 6.92 Å². The average Bonchev–Trinajstić information content (AvgIpc) is 2.66. The minimum atomic E-state index is -0.670. The number of hydrogen-bond donors (Lipinski definition) is 3. The Hall–Kier alpha value is -1.38. The molecule has 0 radical (unpaired) electrons. The number of nitrogens with zero attached hydrogens (tertiary/aromatic N) is 2. The number of nitrogens with one attached hydrogen (secondary N) is 1. The smallest absolute Gasteiger partial charge is 0.350 e. The van der Waals surface area contributed by atoms with Gasteiger partial charge >= 0.3 is 5.69 Å². The van der Waals surface area contributed by atoms with Crippen LogP contribution < -0.4 is 11.0 Å². The molecule has 110 valence electrons. The SMILES string of the molecule is CC(=O)Nc1ccn([C@@H]2S[C@H](CO)[C@@H](O)[C@H]2C)c(=O)n1. The van der Waals surface area contributed by atoms with E-state index in [1.165, 1.54) is 29.3 Å². The number of carbonyl (C=O) groups excluding carboxylic acids is 1. The standard InChI is InChI=1S/C12H17N3O4S/c1-6-10(18)8(5-16)20-11(6)15-4-3-9(13-7(2)17)14-12(15)19/h3-4,6,8,10-11,16,18H,5H2,1-2H3,(H,13,14,17,19)/t6-,8-,10+,11-/m1/s1. The van der Waals surface area contributed by atoms with Gasteiger partial charge in [0.1, 0.15) is 5.82 Å². The highest BCUT2D eigenvalue weighted by Crippen LogP contribution is 2.44. The topological polar surface area (TPSA) is 104 Å². The number of rotatable bonds is 3. The van der Waals surface area contributed by atoms with Crippen LogP contribution in [-0.2, 0) is 4.79 Å². The molecule has 0 aliphatic carbocycles. The Morgan fingerprint density at radius 1 is 1.60 bits per heavy atom. The van der Waals surface area contributed by atoms with E-state index in [1.54, 1.807) is 6.20 Å². The summed E-state index contributed by atoms with van der Waals surface area (Å²) in [6.07, 6.45) is 0.873. The lowest BCUT2D eigenvalue weighted by Gasteiger charge is -2.18. The van der Waals surface area contributed by atoms with Crippen molar-refractivity contribution >= 4 is 23.5 Å². The Kier molecular flexibility index (Phi) is 4.46. The molecule has 0 spiro atoms. The molecular formula is C12H17N3O4S. The fraction of sp³-hybridized carbons (Fsp3) is 0.583. The van der Waals surface area contributed by atoms with E-state index in [2.05, 4.69) is 10.3 Å². The molecule has 2 heterocycles. The van der Waals surface area contributed by atoms with Crippen LogP contribution in [0.4, 0.5) is 5.82 Å². The van der Waals surface area contributed by atoms with Crippen molar-refractivity contribution in [3.63, 3.8) is 0 Å². The molecule has 0 saturated carbocycles. The Morgan fingerprint density at radius 3 is 2.80 bits per heavy atom. The number of anilines is 1. The van der Waals surface area contributed by atoms with Crippen molar-refractivity contribution < 1.29 is 15.0 Å². The summed E-state index contributed by atoms with van der Waals surface area (Å²) in [5.74, 6) is -0.272. The molecule has 1 aromatic rings. The number of thioether (sulfide) groups is 1. The number of amides is 1. The maximum atomic E-state index is 12.0. The highest BCUT2D eigenvalue weighted by atomic mass is 32.2. The largest absolute Gasteiger partial charge is 0.395 e. The van der Waals surface area contributed by atoms with E-state index in [-0.39, 0.29) is 34.9 Å². The second-order valence-corrected chi connectivity index (χ2v) is 6.14. The number of carbonyl (C=O) groups is 1. The van der Waals surface area contributed by atoms with Crippen molar-refractivity contribution in [3.8, 4) is 0 Å². The van der Waals surface area contributed by atoms with Crippen molar-refractivity contribution in [2.24, 2.45) is 5.92 Å². The molecule has 20 heavy (non-hydrogen) atoms. The van der Waals surface area contributed by atoms with Crippen molar-refractivity contribution in [2.45, 2.75) is 30.6 Å². The summed E-state index contributed by atoms with van der Waals surface area (Å²) < 4.78 is 1.42. The Morgan fingerprint density at radius 2 is 2.30 bits per heavy atom. The van der Waals surface area contributed by atoms with Gasteiger partial charge in [-0.3, -0.25) is 9.36 Å². The first-order valence-electron chi connectivity index (χ1n) is 6.25. The van der Waals surface area contributed by atoms with Gasteiger partial charge in [-0.15, -0.1) is 11.8 Å². The van der Waals surface area contributed by atoms with Gasteiger partial charge in [0.25, 0.3) is 0 Å². The highest BCUT2D eigenvalue weighted by Gasteiger charge is 2.41. The van der Waals surface area contributed by atoms with Crippen molar-refractivity contribution in [3.05, 3.63) is 22.7 Å². The molecule has 2 rings (SSSR count). The van der Waals surface area contributed by atoms with Gasteiger partial charge in [-0.05, 0) is 6.07 Å². The van der Waals surface area contributed by atoms with Gasteiger partial charge in [0.15, 0.2) is 0 Å². The third-order valence-corrected chi connectivity index (χ3v) is 4.98. The highest BCUT2D eigenvalue weighted by molar-refractivity contribution is 8.00. The lowest BCUT2D eigenvalue weighted by Crippen LogP contribution is -2.30. The van der Waals surface area contributed by atoms with Crippen LogP contribution in [0.2, 0.25) is 0 Å². The summed E-state index contributed by atoms with van der Waals surface area (Å²) in [5, 5.41) is 21.0. The van der Waals surface area contributed by atoms with Crippen molar-refractivity contribution in [1.29, 1.82) is 0 Å². The normalized spacial score (nSPS) is 29.4. The molecule has 0 unspecified atom stereocenters. The van der Waals surface area contributed by atoms with Gasteiger partial charge in [0.05, 0.1) is 23.3 Å². The fourth-order valence-corrected chi connectivity index (χ4v) is 3.77. The summed E-state index contributed by atoms with van der Waals surface area (Å²) in [6.45, 7) is 3.02. The molecule has 7 nitrogen and oxygen atoms in total. The summed E-state index contributed by atoms with van der Waals surface area (Å²) in [5.41, 5.74) is -0.494. The molecule has 1 aliphatic heterocycles. The van der Waals surface area contributed by atoms with E-state index < -0.39 is 11.8 Å². The van der Waals surface area contributed by atoms with Gasteiger partial charge in [0, 0.05) is 19.0 Å². The van der Waals surface area contributed by atoms with Crippen LogP contribution >= 0.6 is 11.8 Å². The number of aliphatic hydroxyl groups is 2. The zero-order chi connectivity index (χ0) is 14.9. The van der Waals surface area contributed by atoms with E-state index in [9.17, 15) is 19.8 Å². The molecule has 0 aromatic carbocycles. The first kappa shape index (κ1) is 15.0. The zero-order valence-corrected chi connectivity index (χ0v) is 12.0. The number of hydrogen-bond acceptors (Lipinski definition) is 6. The quantitative estimate of drug-likeness (QED) is 0.714. The van der Waals surface area contributed by atoms with Gasteiger partial charge < -0.3 is 15.5 Å².